The Morgan fingerprint density at radius 3 is 1.95 bits per heavy atom. The van der Waals surface area contributed by atoms with Crippen molar-refractivity contribution < 1.29 is 15.0 Å². The largest absolute Gasteiger partial charge is 0.479 e. The lowest BCUT2D eigenvalue weighted by molar-refractivity contribution is -0.155. The van der Waals surface area contributed by atoms with Crippen LogP contribution in [0.15, 0.2) is 48.5 Å². The maximum atomic E-state index is 11.6. The molecule has 2 aromatic carbocycles. The number of aliphatic hydroxyl groups is 1. The Balaban J connectivity index is 2.67. The molecule has 98 valence electrons. The quantitative estimate of drug-likeness (QED) is 0.887. The van der Waals surface area contributed by atoms with Crippen LogP contribution in [0.5, 0.6) is 0 Å². The van der Waals surface area contributed by atoms with Crippen molar-refractivity contribution in [2.24, 2.45) is 0 Å². The third-order valence-electron chi connectivity index (χ3n) is 3.14. The fourth-order valence-electron chi connectivity index (χ4n) is 2.28. The van der Waals surface area contributed by atoms with E-state index in [9.17, 15) is 15.0 Å². The van der Waals surface area contributed by atoms with Gasteiger partial charge in [-0.3, -0.25) is 0 Å². The number of aryl methyl sites for hydroxylation is 2. The lowest BCUT2D eigenvalue weighted by atomic mass is 9.85. The third-order valence-corrected chi connectivity index (χ3v) is 3.14. The molecule has 0 spiro atoms. The van der Waals surface area contributed by atoms with Crippen LogP contribution in [0.4, 0.5) is 0 Å². The fraction of sp³-hybridized carbons (Fsp3) is 0.188. The molecule has 0 aliphatic rings. The fourth-order valence-corrected chi connectivity index (χ4v) is 2.28. The van der Waals surface area contributed by atoms with Crippen molar-refractivity contribution in [3.05, 3.63) is 70.8 Å². The second-order valence-electron chi connectivity index (χ2n) is 4.76. The third kappa shape index (κ3) is 2.37. The molecule has 3 nitrogen and oxygen atoms in total. The Morgan fingerprint density at radius 2 is 1.47 bits per heavy atom. The van der Waals surface area contributed by atoms with E-state index >= 15 is 0 Å². The first kappa shape index (κ1) is 13.3. The highest BCUT2D eigenvalue weighted by atomic mass is 16.4. The lowest BCUT2D eigenvalue weighted by Crippen LogP contribution is -2.36. The Morgan fingerprint density at radius 1 is 0.947 bits per heavy atom. The summed E-state index contributed by atoms with van der Waals surface area (Å²) in [5.41, 5.74) is 0.560. The summed E-state index contributed by atoms with van der Waals surface area (Å²) >= 11 is 0. The Labute approximate surface area is 112 Å². The number of aliphatic carboxylic acids is 1. The van der Waals surface area contributed by atoms with Gasteiger partial charge >= 0.3 is 5.97 Å². The van der Waals surface area contributed by atoms with E-state index in [0.29, 0.717) is 11.1 Å². The molecule has 0 aromatic heterocycles. The van der Waals surface area contributed by atoms with Crippen molar-refractivity contribution in [2.45, 2.75) is 19.4 Å². The van der Waals surface area contributed by atoms with Crippen LogP contribution >= 0.6 is 0 Å². The van der Waals surface area contributed by atoms with Gasteiger partial charge in [0.2, 0.25) is 5.60 Å². The minimum absolute atomic E-state index is 0.354. The van der Waals surface area contributed by atoms with E-state index in [0.717, 1.165) is 11.1 Å². The van der Waals surface area contributed by atoms with E-state index < -0.39 is 11.6 Å². The number of hydrogen-bond acceptors (Lipinski definition) is 2. The molecule has 0 radical (unpaired) electrons. The smallest absolute Gasteiger partial charge is 0.345 e. The van der Waals surface area contributed by atoms with E-state index in [1.165, 1.54) is 0 Å². The van der Waals surface area contributed by atoms with Crippen molar-refractivity contribution in [1.82, 2.24) is 0 Å². The molecular weight excluding hydrogens is 240 g/mol. The normalized spacial score (nSPS) is 13.8. The topological polar surface area (TPSA) is 57.5 Å². The molecule has 0 amide bonds. The summed E-state index contributed by atoms with van der Waals surface area (Å²) in [6, 6.07) is 13.8. The predicted molar refractivity (Wildman–Crippen MR) is 73.0 cm³/mol. The monoisotopic (exact) mass is 256 g/mol. The van der Waals surface area contributed by atoms with Crippen molar-refractivity contribution >= 4 is 5.97 Å². The SMILES string of the molecule is Cc1cc(C)cc([C@](O)(C(=O)O)c2ccccc2)c1. The summed E-state index contributed by atoms with van der Waals surface area (Å²) in [4.78, 5) is 11.6. The Bertz CT molecular complexity index is 584. The van der Waals surface area contributed by atoms with Gasteiger partial charge in [-0.25, -0.2) is 4.79 Å². The van der Waals surface area contributed by atoms with E-state index in [2.05, 4.69) is 0 Å². The Kier molecular flexibility index (Phi) is 3.40. The summed E-state index contributed by atoms with van der Waals surface area (Å²) in [5.74, 6) is -1.27. The minimum Gasteiger partial charge on any atom is -0.479 e. The predicted octanol–water partition coefficient (Wildman–Crippen LogP) is 2.62. The summed E-state index contributed by atoms with van der Waals surface area (Å²) in [5, 5.41) is 20.2. The zero-order valence-electron chi connectivity index (χ0n) is 10.9. The second-order valence-corrected chi connectivity index (χ2v) is 4.76. The summed E-state index contributed by atoms with van der Waals surface area (Å²) in [7, 11) is 0. The van der Waals surface area contributed by atoms with Crippen LogP contribution in [0.1, 0.15) is 22.3 Å². The molecule has 0 unspecified atom stereocenters. The molecule has 0 aliphatic carbocycles. The number of carbonyl (C=O) groups is 1. The van der Waals surface area contributed by atoms with Crippen molar-refractivity contribution in [2.75, 3.05) is 0 Å². The van der Waals surface area contributed by atoms with Gasteiger partial charge in [0, 0.05) is 0 Å². The van der Waals surface area contributed by atoms with Crippen LogP contribution in [-0.4, -0.2) is 16.2 Å². The molecule has 2 rings (SSSR count). The summed E-state index contributed by atoms with van der Waals surface area (Å²) < 4.78 is 0. The molecule has 2 N–H and O–H groups in total. The minimum atomic E-state index is -2.02. The van der Waals surface area contributed by atoms with Crippen LogP contribution in [-0.2, 0) is 10.4 Å². The zero-order chi connectivity index (χ0) is 14.0. The molecule has 0 aliphatic heterocycles. The standard InChI is InChI=1S/C16H16O3/c1-11-8-12(2)10-14(9-11)16(19,15(17)18)13-6-4-3-5-7-13/h3-10,19H,1-2H3,(H,17,18)/t16-/m0/s1. The number of hydrogen-bond donors (Lipinski definition) is 2. The molecule has 19 heavy (non-hydrogen) atoms. The molecule has 0 heterocycles. The molecule has 0 fully saturated rings. The van der Waals surface area contributed by atoms with Crippen LogP contribution in [0.3, 0.4) is 0 Å². The Hall–Kier alpha value is -2.13. The van der Waals surface area contributed by atoms with Gasteiger partial charge in [-0.1, -0.05) is 59.7 Å². The molecule has 1 atom stereocenters. The van der Waals surface area contributed by atoms with Gasteiger partial charge in [-0.2, -0.15) is 0 Å². The highest BCUT2D eigenvalue weighted by molar-refractivity contribution is 5.83. The van der Waals surface area contributed by atoms with Gasteiger partial charge in [0.25, 0.3) is 0 Å². The van der Waals surface area contributed by atoms with Gasteiger partial charge in [0.15, 0.2) is 0 Å². The number of benzene rings is 2. The van der Waals surface area contributed by atoms with Crippen molar-refractivity contribution in [3.8, 4) is 0 Å². The van der Waals surface area contributed by atoms with Gasteiger partial charge in [-0.05, 0) is 25.0 Å². The molecule has 3 heteroatoms. The van der Waals surface area contributed by atoms with Crippen LogP contribution in [0, 0.1) is 13.8 Å². The first-order valence-electron chi connectivity index (χ1n) is 6.04. The summed E-state index contributed by atoms with van der Waals surface area (Å²) in [6.45, 7) is 3.76. The van der Waals surface area contributed by atoms with Crippen molar-refractivity contribution in [1.29, 1.82) is 0 Å². The van der Waals surface area contributed by atoms with Gasteiger partial charge < -0.3 is 10.2 Å². The second kappa shape index (κ2) is 4.86. The summed E-state index contributed by atoms with van der Waals surface area (Å²) in [6.07, 6.45) is 0. The van der Waals surface area contributed by atoms with Gasteiger partial charge in [0.05, 0.1) is 0 Å². The molecule has 0 saturated carbocycles. The number of carboxylic acids is 1. The van der Waals surface area contributed by atoms with Crippen LogP contribution in [0.2, 0.25) is 0 Å². The average molecular weight is 256 g/mol. The molecular formula is C16H16O3. The highest BCUT2D eigenvalue weighted by Crippen LogP contribution is 2.31. The molecule has 2 aromatic rings. The number of carboxylic acid groups (broad SMARTS) is 1. The van der Waals surface area contributed by atoms with E-state index in [-0.39, 0.29) is 0 Å². The van der Waals surface area contributed by atoms with Crippen LogP contribution < -0.4 is 0 Å². The van der Waals surface area contributed by atoms with E-state index in [4.69, 9.17) is 0 Å². The first-order valence-corrected chi connectivity index (χ1v) is 6.04. The zero-order valence-corrected chi connectivity index (χ0v) is 10.9. The number of rotatable bonds is 3. The highest BCUT2D eigenvalue weighted by Gasteiger charge is 2.40. The van der Waals surface area contributed by atoms with E-state index in [1.807, 2.05) is 19.9 Å². The van der Waals surface area contributed by atoms with E-state index in [1.54, 1.807) is 42.5 Å². The average Bonchev–Trinajstić information content (AvgIpc) is 2.37. The molecule has 0 bridgehead atoms. The van der Waals surface area contributed by atoms with Gasteiger partial charge in [-0.15, -0.1) is 0 Å². The molecule has 0 saturated heterocycles. The maximum absolute atomic E-state index is 11.6. The van der Waals surface area contributed by atoms with Crippen molar-refractivity contribution in [3.63, 3.8) is 0 Å². The van der Waals surface area contributed by atoms with Gasteiger partial charge in [0.1, 0.15) is 0 Å². The van der Waals surface area contributed by atoms with Crippen LogP contribution in [0.25, 0.3) is 0 Å². The lowest BCUT2D eigenvalue weighted by Gasteiger charge is -2.25. The maximum Gasteiger partial charge on any atom is 0.345 e. The first-order chi connectivity index (χ1) is 8.94.